The van der Waals surface area contributed by atoms with Gasteiger partial charge in [-0.2, -0.15) is 0 Å². The fraction of sp³-hybridized carbons (Fsp3) is 0.0667. The molecule has 0 aliphatic rings. The number of halogens is 1. The van der Waals surface area contributed by atoms with Crippen molar-refractivity contribution in [2.24, 2.45) is 0 Å². The molecule has 2 aromatic carbocycles. The van der Waals surface area contributed by atoms with Gasteiger partial charge in [0.25, 0.3) is 15.7 Å². The van der Waals surface area contributed by atoms with Crippen LogP contribution in [0.5, 0.6) is 0 Å². The third kappa shape index (κ3) is 3.59. The second kappa shape index (κ2) is 6.93. The molecule has 0 amide bonds. The number of nitrogens with zero attached hydrogens (tertiary/aromatic N) is 2. The quantitative estimate of drug-likeness (QED) is 0.423. The Kier molecular flexibility index (Phi) is 5.17. The molecule has 8 heteroatoms. The smallest absolute Gasteiger partial charge is 0.262 e. The van der Waals surface area contributed by atoms with Gasteiger partial charge in [-0.05, 0) is 30.3 Å². The molecule has 120 valence electrons. The van der Waals surface area contributed by atoms with Crippen molar-refractivity contribution in [3.05, 3.63) is 75.8 Å². The second-order valence-corrected chi connectivity index (χ2v) is 7.27. The van der Waals surface area contributed by atoms with Crippen LogP contribution in [-0.2, 0) is 10.0 Å². The molecule has 2 aromatic rings. The second-order valence-electron chi connectivity index (χ2n) is 4.53. The molecule has 0 saturated carbocycles. The lowest BCUT2D eigenvalue weighted by atomic mass is 10.3. The van der Waals surface area contributed by atoms with E-state index in [9.17, 15) is 18.5 Å². The Morgan fingerprint density at radius 3 is 2.35 bits per heavy atom. The van der Waals surface area contributed by atoms with Gasteiger partial charge in [-0.15, -0.1) is 6.58 Å². The van der Waals surface area contributed by atoms with Crippen LogP contribution in [0.4, 0.5) is 11.4 Å². The molecule has 0 N–H and O–H groups in total. The molecule has 0 spiro atoms. The van der Waals surface area contributed by atoms with E-state index in [0.717, 1.165) is 8.78 Å². The molecule has 0 saturated heterocycles. The van der Waals surface area contributed by atoms with Gasteiger partial charge in [0.2, 0.25) is 0 Å². The van der Waals surface area contributed by atoms with Gasteiger partial charge in [0, 0.05) is 10.5 Å². The molecule has 0 unspecified atom stereocenters. The summed E-state index contributed by atoms with van der Waals surface area (Å²) in [5.41, 5.74) is -0.0649. The molecular weight excluding hydrogens is 384 g/mol. The molecule has 0 bridgehead atoms. The maximum atomic E-state index is 12.9. The van der Waals surface area contributed by atoms with Crippen LogP contribution in [0.15, 0.2) is 70.6 Å². The number of rotatable bonds is 6. The zero-order valence-electron chi connectivity index (χ0n) is 11.9. The highest BCUT2D eigenvalue weighted by Gasteiger charge is 2.31. The fourth-order valence-corrected chi connectivity index (χ4v) is 3.87. The highest BCUT2D eigenvalue weighted by Crippen LogP contribution is 2.30. The maximum absolute atomic E-state index is 12.9. The number of anilines is 1. The summed E-state index contributed by atoms with van der Waals surface area (Å²) in [7, 11) is -4.10. The lowest BCUT2D eigenvalue weighted by Gasteiger charge is -2.23. The molecule has 0 atom stereocenters. The van der Waals surface area contributed by atoms with Crippen molar-refractivity contribution in [3.8, 4) is 0 Å². The van der Waals surface area contributed by atoms with Gasteiger partial charge in [-0.3, -0.25) is 14.4 Å². The Hall–Kier alpha value is -2.19. The summed E-state index contributed by atoms with van der Waals surface area (Å²) in [6.07, 6.45) is 1.42. The van der Waals surface area contributed by atoms with Crippen LogP contribution in [0, 0.1) is 10.1 Å². The molecular formula is C15H13BrN2O4S. The van der Waals surface area contributed by atoms with E-state index in [2.05, 4.69) is 22.5 Å². The van der Waals surface area contributed by atoms with E-state index in [0.29, 0.717) is 5.69 Å². The zero-order valence-corrected chi connectivity index (χ0v) is 14.3. The van der Waals surface area contributed by atoms with Crippen LogP contribution < -0.4 is 4.31 Å². The van der Waals surface area contributed by atoms with Gasteiger partial charge < -0.3 is 0 Å². The van der Waals surface area contributed by atoms with E-state index in [1.165, 1.54) is 30.3 Å². The van der Waals surface area contributed by atoms with Crippen LogP contribution in [0.3, 0.4) is 0 Å². The number of sulfonamides is 1. The SMILES string of the molecule is C=CCN(c1ccc(Br)cc1)S(=O)(=O)c1ccccc1[N+](=O)[O-]. The zero-order chi connectivity index (χ0) is 17.0. The van der Waals surface area contributed by atoms with Gasteiger partial charge >= 0.3 is 0 Å². The van der Waals surface area contributed by atoms with E-state index in [1.807, 2.05) is 0 Å². The molecule has 0 aliphatic heterocycles. The van der Waals surface area contributed by atoms with Crippen molar-refractivity contribution < 1.29 is 13.3 Å². The average Bonchev–Trinajstić information content (AvgIpc) is 2.53. The minimum Gasteiger partial charge on any atom is -0.262 e. The van der Waals surface area contributed by atoms with E-state index in [4.69, 9.17) is 0 Å². The summed E-state index contributed by atoms with van der Waals surface area (Å²) in [6, 6.07) is 11.9. The number of hydrogen-bond acceptors (Lipinski definition) is 4. The average molecular weight is 397 g/mol. The molecule has 0 aromatic heterocycles. The molecule has 0 aliphatic carbocycles. The first-order chi connectivity index (χ1) is 10.9. The van der Waals surface area contributed by atoms with Crippen molar-refractivity contribution in [2.45, 2.75) is 4.90 Å². The number of nitro groups is 1. The predicted octanol–water partition coefficient (Wildman–Crippen LogP) is 3.74. The first-order valence-corrected chi connectivity index (χ1v) is 8.74. The fourth-order valence-electron chi connectivity index (χ4n) is 2.01. The summed E-state index contributed by atoms with van der Waals surface area (Å²) in [6.45, 7) is 3.56. The van der Waals surface area contributed by atoms with Crippen LogP contribution in [0.25, 0.3) is 0 Å². The Morgan fingerprint density at radius 1 is 1.17 bits per heavy atom. The highest BCUT2D eigenvalue weighted by atomic mass is 79.9. The largest absolute Gasteiger partial charge is 0.289 e. The number of benzene rings is 2. The van der Waals surface area contributed by atoms with Crippen LogP contribution in [0.2, 0.25) is 0 Å². The summed E-state index contributed by atoms with van der Waals surface area (Å²) < 4.78 is 27.7. The van der Waals surface area contributed by atoms with Crippen molar-refractivity contribution in [1.29, 1.82) is 0 Å². The lowest BCUT2D eigenvalue weighted by molar-refractivity contribution is -0.387. The molecule has 0 heterocycles. The van der Waals surface area contributed by atoms with Gasteiger partial charge in [0.15, 0.2) is 4.90 Å². The van der Waals surface area contributed by atoms with Crippen LogP contribution in [0.1, 0.15) is 0 Å². The Balaban J connectivity index is 2.60. The first kappa shape index (κ1) is 17.2. The van der Waals surface area contributed by atoms with Crippen LogP contribution >= 0.6 is 15.9 Å². The first-order valence-electron chi connectivity index (χ1n) is 6.50. The van der Waals surface area contributed by atoms with Crippen molar-refractivity contribution >= 4 is 37.3 Å². The van der Waals surface area contributed by atoms with Crippen molar-refractivity contribution in [1.82, 2.24) is 0 Å². The summed E-state index contributed by atoms with van der Waals surface area (Å²) >= 11 is 3.28. The van der Waals surface area contributed by atoms with Gasteiger partial charge in [0.1, 0.15) is 0 Å². The Morgan fingerprint density at radius 2 is 1.78 bits per heavy atom. The Bertz CT molecular complexity index is 835. The summed E-state index contributed by atoms with van der Waals surface area (Å²) in [5.74, 6) is 0. The minimum absolute atomic E-state index is 0.00395. The summed E-state index contributed by atoms with van der Waals surface area (Å²) in [5, 5.41) is 11.1. The topological polar surface area (TPSA) is 80.5 Å². The standard InChI is InChI=1S/C15H13BrN2O4S/c1-2-11-17(13-9-7-12(16)8-10-13)23(21,22)15-6-4-3-5-14(15)18(19)20/h2-10H,1,11H2. The van der Waals surface area contributed by atoms with Crippen molar-refractivity contribution in [3.63, 3.8) is 0 Å². The molecule has 2 rings (SSSR count). The van der Waals surface area contributed by atoms with Gasteiger partial charge in [0.05, 0.1) is 17.2 Å². The van der Waals surface area contributed by atoms with Crippen molar-refractivity contribution in [2.75, 3.05) is 10.8 Å². The third-order valence-electron chi connectivity index (χ3n) is 3.04. The molecule has 23 heavy (non-hydrogen) atoms. The lowest BCUT2D eigenvalue weighted by Crippen LogP contribution is -2.31. The normalized spacial score (nSPS) is 11.0. The monoisotopic (exact) mass is 396 g/mol. The van der Waals surface area contributed by atoms with E-state index >= 15 is 0 Å². The minimum atomic E-state index is -4.10. The van der Waals surface area contributed by atoms with E-state index in [1.54, 1.807) is 24.3 Å². The van der Waals surface area contributed by atoms with Gasteiger partial charge in [-0.1, -0.05) is 34.1 Å². The maximum Gasteiger partial charge on any atom is 0.289 e. The number of para-hydroxylation sites is 1. The van der Waals surface area contributed by atoms with E-state index < -0.39 is 20.6 Å². The highest BCUT2D eigenvalue weighted by molar-refractivity contribution is 9.10. The molecule has 0 fully saturated rings. The third-order valence-corrected chi connectivity index (χ3v) is 5.41. The molecule has 6 nitrogen and oxygen atoms in total. The molecule has 0 radical (unpaired) electrons. The van der Waals surface area contributed by atoms with E-state index in [-0.39, 0.29) is 11.4 Å². The number of hydrogen-bond donors (Lipinski definition) is 0. The summed E-state index contributed by atoms with van der Waals surface area (Å²) in [4.78, 5) is 10.1. The number of nitro benzene ring substituents is 1. The predicted molar refractivity (Wildman–Crippen MR) is 92.0 cm³/mol. The van der Waals surface area contributed by atoms with Gasteiger partial charge in [-0.25, -0.2) is 8.42 Å². The Labute approximate surface area is 142 Å². The van der Waals surface area contributed by atoms with Crippen LogP contribution in [-0.4, -0.2) is 19.9 Å².